The molecule has 0 N–H and O–H groups in total. The van der Waals surface area contributed by atoms with Crippen LogP contribution in [0.25, 0.3) is 0 Å². The number of aryl methyl sites for hydroxylation is 2. The maximum Gasteiger partial charge on any atom is 0.271 e. The highest BCUT2D eigenvalue weighted by atomic mass is 16.3. The predicted molar refractivity (Wildman–Crippen MR) is 61.9 cm³/mol. The van der Waals surface area contributed by atoms with Crippen molar-refractivity contribution in [3.05, 3.63) is 57.9 Å². The van der Waals surface area contributed by atoms with E-state index in [1.165, 1.54) is 10.9 Å². The lowest BCUT2D eigenvalue weighted by Gasteiger charge is -2.03. The Morgan fingerprint density at radius 1 is 1.38 bits per heavy atom. The van der Waals surface area contributed by atoms with Crippen LogP contribution in [0.3, 0.4) is 0 Å². The van der Waals surface area contributed by atoms with Crippen LogP contribution in [0.4, 0.5) is 0 Å². The molecule has 0 saturated heterocycles. The molecule has 0 spiro atoms. The van der Waals surface area contributed by atoms with Crippen molar-refractivity contribution in [2.24, 2.45) is 5.10 Å². The van der Waals surface area contributed by atoms with Crippen LogP contribution in [0.5, 0.6) is 0 Å². The summed E-state index contributed by atoms with van der Waals surface area (Å²) >= 11 is 0. The SMILES string of the molecule is Cc1cc(C)n(N=Cc2ccco2)c(=O)c1. The molecule has 4 heteroatoms. The molecular weight excluding hydrogens is 204 g/mol. The molecule has 0 fully saturated rings. The molecule has 0 radical (unpaired) electrons. The maximum absolute atomic E-state index is 11.6. The van der Waals surface area contributed by atoms with Gasteiger partial charge in [-0.1, -0.05) is 0 Å². The summed E-state index contributed by atoms with van der Waals surface area (Å²) in [6, 6.07) is 7.00. The van der Waals surface area contributed by atoms with E-state index >= 15 is 0 Å². The van der Waals surface area contributed by atoms with Crippen molar-refractivity contribution in [2.75, 3.05) is 0 Å². The van der Waals surface area contributed by atoms with Crippen LogP contribution in [-0.4, -0.2) is 10.9 Å². The number of furan rings is 1. The maximum atomic E-state index is 11.6. The van der Waals surface area contributed by atoms with E-state index in [4.69, 9.17) is 4.42 Å². The summed E-state index contributed by atoms with van der Waals surface area (Å²) in [7, 11) is 0. The normalized spacial score (nSPS) is 11.1. The van der Waals surface area contributed by atoms with Crippen LogP contribution in [0.1, 0.15) is 17.0 Å². The largest absolute Gasteiger partial charge is 0.463 e. The summed E-state index contributed by atoms with van der Waals surface area (Å²) < 4.78 is 6.44. The summed E-state index contributed by atoms with van der Waals surface area (Å²) in [5.41, 5.74) is 1.60. The van der Waals surface area contributed by atoms with Crippen molar-refractivity contribution < 1.29 is 4.42 Å². The fraction of sp³-hybridized carbons (Fsp3) is 0.167. The first kappa shape index (κ1) is 10.4. The van der Waals surface area contributed by atoms with Crippen LogP contribution in [0, 0.1) is 13.8 Å². The van der Waals surface area contributed by atoms with Gasteiger partial charge in [-0.2, -0.15) is 5.10 Å². The molecule has 2 aromatic heterocycles. The second-order valence-corrected chi connectivity index (χ2v) is 3.58. The van der Waals surface area contributed by atoms with Crippen LogP contribution in [-0.2, 0) is 0 Å². The van der Waals surface area contributed by atoms with E-state index in [1.807, 2.05) is 19.9 Å². The Bertz CT molecular complexity index is 565. The van der Waals surface area contributed by atoms with Crippen LogP contribution >= 0.6 is 0 Å². The van der Waals surface area contributed by atoms with Gasteiger partial charge in [-0.15, -0.1) is 0 Å². The molecule has 0 aliphatic rings. The minimum Gasteiger partial charge on any atom is -0.463 e. The average molecular weight is 216 g/mol. The van der Waals surface area contributed by atoms with E-state index in [1.54, 1.807) is 24.5 Å². The highest BCUT2D eigenvalue weighted by Crippen LogP contribution is 2.00. The quantitative estimate of drug-likeness (QED) is 0.720. The molecule has 0 aromatic carbocycles. The third-order valence-electron chi connectivity index (χ3n) is 2.17. The van der Waals surface area contributed by atoms with Crippen molar-refractivity contribution in [1.82, 2.24) is 4.68 Å². The summed E-state index contributed by atoms with van der Waals surface area (Å²) in [6.45, 7) is 3.73. The van der Waals surface area contributed by atoms with Gasteiger partial charge in [-0.3, -0.25) is 4.79 Å². The molecule has 4 nitrogen and oxygen atoms in total. The van der Waals surface area contributed by atoms with Gasteiger partial charge in [0.05, 0.1) is 12.5 Å². The Balaban J connectivity index is 2.39. The standard InChI is InChI=1S/C12H12N2O2/c1-9-6-10(2)14(12(15)7-9)13-8-11-4-3-5-16-11/h3-8H,1-2H3. The van der Waals surface area contributed by atoms with Crippen LogP contribution < -0.4 is 5.56 Å². The highest BCUT2D eigenvalue weighted by molar-refractivity contribution is 5.75. The molecule has 16 heavy (non-hydrogen) atoms. The van der Waals surface area contributed by atoms with Gasteiger partial charge in [0.2, 0.25) is 0 Å². The topological polar surface area (TPSA) is 47.5 Å². The first-order chi connectivity index (χ1) is 7.66. The number of aromatic nitrogens is 1. The first-order valence-electron chi connectivity index (χ1n) is 4.95. The Morgan fingerprint density at radius 3 is 2.81 bits per heavy atom. The summed E-state index contributed by atoms with van der Waals surface area (Å²) in [5, 5.41) is 4.07. The van der Waals surface area contributed by atoms with Gasteiger partial charge >= 0.3 is 0 Å². The monoisotopic (exact) mass is 216 g/mol. The van der Waals surface area contributed by atoms with Gasteiger partial charge in [-0.05, 0) is 37.6 Å². The van der Waals surface area contributed by atoms with E-state index in [-0.39, 0.29) is 5.56 Å². The van der Waals surface area contributed by atoms with Gasteiger partial charge in [0.1, 0.15) is 5.76 Å². The van der Waals surface area contributed by atoms with E-state index < -0.39 is 0 Å². The number of pyridine rings is 1. The number of nitrogens with zero attached hydrogens (tertiary/aromatic N) is 2. The Labute approximate surface area is 92.8 Å². The highest BCUT2D eigenvalue weighted by Gasteiger charge is 1.99. The summed E-state index contributed by atoms with van der Waals surface area (Å²) in [6.07, 6.45) is 3.08. The van der Waals surface area contributed by atoms with E-state index in [2.05, 4.69) is 5.10 Å². The zero-order valence-corrected chi connectivity index (χ0v) is 9.18. The second kappa shape index (κ2) is 4.18. The third-order valence-corrected chi connectivity index (χ3v) is 2.17. The van der Waals surface area contributed by atoms with Crippen molar-refractivity contribution in [3.8, 4) is 0 Å². The lowest BCUT2D eigenvalue weighted by molar-refractivity contribution is 0.559. The second-order valence-electron chi connectivity index (χ2n) is 3.58. The van der Waals surface area contributed by atoms with Crippen molar-refractivity contribution in [1.29, 1.82) is 0 Å². The number of hydrogen-bond donors (Lipinski definition) is 0. The molecule has 0 saturated carbocycles. The molecule has 0 aliphatic heterocycles. The molecule has 0 atom stereocenters. The fourth-order valence-electron chi connectivity index (χ4n) is 1.49. The van der Waals surface area contributed by atoms with Crippen molar-refractivity contribution in [2.45, 2.75) is 13.8 Å². The molecule has 2 heterocycles. The van der Waals surface area contributed by atoms with Gasteiger partial charge < -0.3 is 4.42 Å². The van der Waals surface area contributed by atoms with Crippen molar-refractivity contribution >= 4 is 6.21 Å². The van der Waals surface area contributed by atoms with E-state index in [0.717, 1.165) is 11.3 Å². The van der Waals surface area contributed by atoms with Crippen molar-refractivity contribution in [3.63, 3.8) is 0 Å². The minimum atomic E-state index is -0.139. The first-order valence-corrected chi connectivity index (χ1v) is 4.95. The Kier molecular flexibility index (Phi) is 2.72. The third kappa shape index (κ3) is 2.11. The Hall–Kier alpha value is -2.10. The van der Waals surface area contributed by atoms with Crippen LogP contribution in [0.15, 0.2) is 44.8 Å². The molecule has 82 valence electrons. The van der Waals surface area contributed by atoms with Gasteiger partial charge in [0, 0.05) is 11.8 Å². The van der Waals surface area contributed by atoms with Gasteiger partial charge in [-0.25, -0.2) is 4.68 Å². The van der Waals surface area contributed by atoms with Gasteiger partial charge in [0.25, 0.3) is 5.56 Å². The molecular formula is C12H12N2O2. The smallest absolute Gasteiger partial charge is 0.271 e. The molecule has 2 aromatic rings. The molecule has 0 unspecified atom stereocenters. The Morgan fingerprint density at radius 2 is 2.19 bits per heavy atom. The summed E-state index contributed by atoms with van der Waals surface area (Å²) in [5.74, 6) is 0.617. The summed E-state index contributed by atoms with van der Waals surface area (Å²) in [4.78, 5) is 11.6. The lowest BCUT2D eigenvalue weighted by atomic mass is 10.2. The molecule has 2 rings (SSSR count). The average Bonchev–Trinajstić information content (AvgIpc) is 2.68. The zero-order chi connectivity index (χ0) is 11.5. The van der Waals surface area contributed by atoms with E-state index in [0.29, 0.717) is 5.76 Å². The minimum absolute atomic E-state index is 0.139. The van der Waals surface area contributed by atoms with E-state index in [9.17, 15) is 4.79 Å². The van der Waals surface area contributed by atoms with Gasteiger partial charge in [0.15, 0.2) is 0 Å². The fourth-order valence-corrected chi connectivity index (χ4v) is 1.49. The molecule has 0 bridgehead atoms. The lowest BCUT2D eigenvalue weighted by Crippen LogP contribution is -2.18. The number of rotatable bonds is 2. The zero-order valence-electron chi connectivity index (χ0n) is 9.18. The molecule has 0 aliphatic carbocycles. The number of hydrogen-bond acceptors (Lipinski definition) is 3. The predicted octanol–water partition coefficient (Wildman–Crippen LogP) is 1.94. The molecule has 0 amide bonds. The van der Waals surface area contributed by atoms with Crippen LogP contribution in [0.2, 0.25) is 0 Å².